The zero-order valence-electron chi connectivity index (χ0n) is 13.0. The molecule has 1 aliphatic rings. The fraction of sp³-hybridized carbons (Fsp3) is 0.467. The first kappa shape index (κ1) is 15.4. The number of H-pyrrole nitrogens is 1. The predicted octanol–water partition coefficient (Wildman–Crippen LogP) is 0.889. The first-order chi connectivity index (χ1) is 11.1. The molecule has 122 valence electrons. The summed E-state index contributed by atoms with van der Waals surface area (Å²) in [6.07, 6.45) is 2.74. The number of methoxy groups -OCH3 is 1. The SMILES string of the molecule is COCc1nc(C2CC(NC(=O)c3ncoc3C)C2)cc(=O)[nH]1. The first-order valence-electron chi connectivity index (χ1n) is 7.37. The highest BCUT2D eigenvalue weighted by atomic mass is 16.5. The number of aromatic amines is 1. The fourth-order valence-corrected chi connectivity index (χ4v) is 2.70. The van der Waals surface area contributed by atoms with Gasteiger partial charge in [-0.3, -0.25) is 9.59 Å². The van der Waals surface area contributed by atoms with Crippen molar-refractivity contribution in [1.82, 2.24) is 20.3 Å². The molecule has 3 rings (SSSR count). The summed E-state index contributed by atoms with van der Waals surface area (Å²) in [6, 6.07) is 1.56. The van der Waals surface area contributed by atoms with Crippen molar-refractivity contribution < 1.29 is 13.9 Å². The van der Waals surface area contributed by atoms with Crippen LogP contribution in [0.4, 0.5) is 0 Å². The van der Waals surface area contributed by atoms with Crippen LogP contribution in [0.15, 0.2) is 21.7 Å². The molecule has 1 amide bonds. The van der Waals surface area contributed by atoms with Gasteiger partial charge in [0.2, 0.25) is 0 Å². The third-order valence-corrected chi connectivity index (χ3v) is 3.94. The zero-order chi connectivity index (χ0) is 16.4. The number of hydrogen-bond donors (Lipinski definition) is 2. The van der Waals surface area contributed by atoms with Gasteiger partial charge in [0.1, 0.15) is 18.2 Å². The molecule has 0 aliphatic heterocycles. The van der Waals surface area contributed by atoms with E-state index in [-0.39, 0.29) is 30.0 Å². The molecule has 0 saturated heterocycles. The molecule has 8 nitrogen and oxygen atoms in total. The van der Waals surface area contributed by atoms with Crippen LogP contribution in [0.5, 0.6) is 0 Å². The normalized spacial score (nSPS) is 20.1. The lowest BCUT2D eigenvalue weighted by atomic mass is 9.78. The number of aromatic nitrogens is 3. The smallest absolute Gasteiger partial charge is 0.273 e. The van der Waals surface area contributed by atoms with Crippen LogP contribution in [-0.4, -0.2) is 34.0 Å². The van der Waals surface area contributed by atoms with Crippen LogP contribution in [0, 0.1) is 6.92 Å². The van der Waals surface area contributed by atoms with Gasteiger partial charge in [-0.25, -0.2) is 9.97 Å². The van der Waals surface area contributed by atoms with Gasteiger partial charge in [0, 0.05) is 25.1 Å². The van der Waals surface area contributed by atoms with Crippen LogP contribution in [0.3, 0.4) is 0 Å². The molecule has 0 unspecified atom stereocenters. The van der Waals surface area contributed by atoms with E-state index in [0.29, 0.717) is 17.3 Å². The lowest BCUT2D eigenvalue weighted by Gasteiger charge is -2.35. The second kappa shape index (κ2) is 6.33. The highest BCUT2D eigenvalue weighted by Gasteiger charge is 2.33. The van der Waals surface area contributed by atoms with E-state index in [1.165, 1.54) is 12.5 Å². The number of carbonyl (C=O) groups is 1. The van der Waals surface area contributed by atoms with Crippen molar-refractivity contribution in [3.63, 3.8) is 0 Å². The van der Waals surface area contributed by atoms with Crippen molar-refractivity contribution in [2.45, 2.75) is 38.3 Å². The van der Waals surface area contributed by atoms with E-state index < -0.39 is 0 Å². The first-order valence-corrected chi connectivity index (χ1v) is 7.37. The number of ether oxygens (including phenoxy) is 1. The minimum Gasteiger partial charge on any atom is -0.448 e. The standard InChI is InChI=1S/C15H18N4O4/c1-8-14(16-7-23-8)15(21)17-10-3-9(4-10)11-5-13(20)19-12(18-11)6-22-2/h5,7,9-10H,3-4,6H2,1-2H3,(H,17,21)(H,18,19,20). The van der Waals surface area contributed by atoms with Gasteiger partial charge < -0.3 is 19.5 Å². The number of oxazole rings is 1. The topological polar surface area (TPSA) is 110 Å². The summed E-state index contributed by atoms with van der Waals surface area (Å²) in [4.78, 5) is 34.6. The summed E-state index contributed by atoms with van der Waals surface area (Å²) < 4.78 is 10.0. The molecular weight excluding hydrogens is 300 g/mol. The van der Waals surface area contributed by atoms with Crippen LogP contribution in [0.1, 0.15) is 46.5 Å². The van der Waals surface area contributed by atoms with E-state index in [4.69, 9.17) is 9.15 Å². The van der Waals surface area contributed by atoms with Crippen LogP contribution >= 0.6 is 0 Å². The quantitative estimate of drug-likeness (QED) is 0.847. The van der Waals surface area contributed by atoms with Crippen molar-refractivity contribution in [3.8, 4) is 0 Å². The van der Waals surface area contributed by atoms with E-state index >= 15 is 0 Å². The lowest BCUT2D eigenvalue weighted by molar-refractivity contribution is 0.0902. The average Bonchev–Trinajstić information content (AvgIpc) is 2.88. The Bertz CT molecular complexity index is 761. The van der Waals surface area contributed by atoms with Crippen molar-refractivity contribution >= 4 is 5.91 Å². The maximum absolute atomic E-state index is 12.0. The molecule has 2 aromatic rings. The Morgan fingerprint density at radius 2 is 2.30 bits per heavy atom. The molecule has 1 aliphatic carbocycles. The number of rotatable bonds is 5. The van der Waals surface area contributed by atoms with Crippen molar-refractivity contribution in [2.24, 2.45) is 0 Å². The van der Waals surface area contributed by atoms with Gasteiger partial charge in [-0.15, -0.1) is 0 Å². The summed E-state index contributed by atoms with van der Waals surface area (Å²) in [5.74, 6) is 0.940. The minimum absolute atomic E-state index is 0.0514. The third-order valence-electron chi connectivity index (χ3n) is 3.94. The Balaban J connectivity index is 1.60. The monoisotopic (exact) mass is 318 g/mol. The van der Waals surface area contributed by atoms with Crippen LogP contribution < -0.4 is 10.9 Å². The van der Waals surface area contributed by atoms with Crippen molar-refractivity contribution in [3.05, 3.63) is 45.8 Å². The molecule has 8 heteroatoms. The second-order valence-corrected chi connectivity index (χ2v) is 5.65. The van der Waals surface area contributed by atoms with Gasteiger partial charge in [-0.05, 0) is 19.8 Å². The molecule has 0 aromatic carbocycles. The lowest BCUT2D eigenvalue weighted by Crippen LogP contribution is -2.44. The molecule has 2 heterocycles. The number of nitrogens with one attached hydrogen (secondary N) is 2. The van der Waals surface area contributed by atoms with Crippen LogP contribution in [-0.2, 0) is 11.3 Å². The van der Waals surface area contributed by atoms with E-state index in [1.807, 2.05) is 0 Å². The van der Waals surface area contributed by atoms with Gasteiger partial charge in [0.05, 0.1) is 5.69 Å². The molecular formula is C15H18N4O4. The Morgan fingerprint density at radius 3 is 2.96 bits per heavy atom. The highest BCUT2D eigenvalue weighted by molar-refractivity contribution is 5.93. The van der Waals surface area contributed by atoms with Gasteiger partial charge in [-0.2, -0.15) is 0 Å². The summed E-state index contributed by atoms with van der Waals surface area (Å²) in [5, 5.41) is 2.91. The van der Waals surface area contributed by atoms with Crippen LogP contribution in [0.2, 0.25) is 0 Å². The highest BCUT2D eigenvalue weighted by Crippen LogP contribution is 2.35. The van der Waals surface area contributed by atoms with Gasteiger partial charge in [0.15, 0.2) is 12.1 Å². The maximum Gasteiger partial charge on any atom is 0.273 e. The largest absolute Gasteiger partial charge is 0.448 e. The van der Waals surface area contributed by atoms with Gasteiger partial charge in [-0.1, -0.05) is 0 Å². The molecule has 0 bridgehead atoms. The molecule has 1 saturated carbocycles. The molecule has 1 fully saturated rings. The van der Waals surface area contributed by atoms with Gasteiger partial charge >= 0.3 is 0 Å². The Labute approximate surface area is 132 Å². The van der Waals surface area contributed by atoms with E-state index in [2.05, 4.69) is 20.3 Å². The number of aryl methyl sites for hydroxylation is 1. The maximum atomic E-state index is 12.0. The molecule has 2 N–H and O–H groups in total. The molecule has 23 heavy (non-hydrogen) atoms. The molecule has 0 atom stereocenters. The fourth-order valence-electron chi connectivity index (χ4n) is 2.70. The molecule has 0 radical (unpaired) electrons. The molecule has 0 spiro atoms. The number of hydrogen-bond acceptors (Lipinski definition) is 6. The van der Waals surface area contributed by atoms with E-state index in [1.54, 1.807) is 14.0 Å². The Kier molecular flexibility index (Phi) is 4.24. The zero-order valence-corrected chi connectivity index (χ0v) is 13.0. The summed E-state index contributed by atoms with van der Waals surface area (Å²) in [6.45, 7) is 1.96. The number of nitrogens with zero attached hydrogens (tertiary/aromatic N) is 2. The third kappa shape index (κ3) is 3.31. The van der Waals surface area contributed by atoms with Gasteiger partial charge in [0.25, 0.3) is 11.5 Å². The number of carbonyl (C=O) groups excluding carboxylic acids is 1. The second-order valence-electron chi connectivity index (χ2n) is 5.65. The summed E-state index contributed by atoms with van der Waals surface area (Å²) >= 11 is 0. The molecule has 2 aromatic heterocycles. The van der Waals surface area contributed by atoms with E-state index in [0.717, 1.165) is 18.5 Å². The Morgan fingerprint density at radius 1 is 1.52 bits per heavy atom. The Hall–Kier alpha value is -2.48. The minimum atomic E-state index is -0.237. The number of amides is 1. The summed E-state index contributed by atoms with van der Waals surface area (Å²) in [7, 11) is 1.55. The average molecular weight is 318 g/mol. The van der Waals surface area contributed by atoms with Crippen LogP contribution in [0.25, 0.3) is 0 Å². The van der Waals surface area contributed by atoms with Crippen molar-refractivity contribution in [2.75, 3.05) is 7.11 Å². The predicted molar refractivity (Wildman–Crippen MR) is 80.0 cm³/mol. The van der Waals surface area contributed by atoms with E-state index in [9.17, 15) is 9.59 Å². The van der Waals surface area contributed by atoms with Crippen molar-refractivity contribution in [1.29, 1.82) is 0 Å². The summed E-state index contributed by atoms with van der Waals surface area (Å²) in [5.41, 5.74) is 0.863.